The fourth-order valence-electron chi connectivity index (χ4n) is 1.60. The molecule has 0 amide bonds. The summed E-state index contributed by atoms with van der Waals surface area (Å²) in [7, 11) is 0. The number of aryl methyl sites for hydroxylation is 1. The van der Waals surface area contributed by atoms with Gasteiger partial charge in [-0.1, -0.05) is 6.07 Å². The van der Waals surface area contributed by atoms with Crippen LogP contribution < -0.4 is 0 Å². The van der Waals surface area contributed by atoms with E-state index in [0.717, 1.165) is 16.3 Å². The van der Waals surface area contributed by atoms with Gasteiger partial charge in [-0.15, -0.1) is 11.3 Å². The summed E-state index contributed by atoms with van der Waals surface area (Å²) in [5.41, 5.74) is 3.10. The van der Waals surface area contributed by atoms with Gasteiger partial charge in [0.05, 0.1) is 0 Å². The summed E-state index contributed by atoms with van der Waals surface area (Å²) in [6.07, 6.45) is 3.83. The highest BCUT2D eigenvalue weighted by Crippen LogP contribution is 2.21. The molecule has 0 saturated heterocycles. The predicted octanol–water partition coefficient (Wildman–Crippen LogP) is 2.77. The van der Waals surface area contributed by atoms with Crippen molar-refractivity contribution in [2.24, 2.45) is 0 Å². The van der Waals surface area contributed by atoms with E-state index in [4.69, 9.17) is 0 Å². The lowest BCUT2D eigenvalue weighted by Crippen LogP contribution is -1.86. The largest absolute Gasteiger partial charge is 0.304 e. The first-order valence-corrected chi connectivity index (χ1v) is 5.57. The molecule has 0 atom stereocenters. The summed E-state index contributed by atoms with van der Waals surface area (Å²) < 4.78 is 2.08. The number of rotatable bonds is 1. The van der Waals surface area contributed by atoms with Crippen LogP contribution in [-0.4, -0.2) is 14.4 Å². The summed E-state index contributed by atoms with van der Waals surface area (Å²) in [5.74, 6) is 0. The molecule has 0 aromatic carbocycles. The molecule has 0 saturated carbocycles. The van der Waals surface area contributed by atoms with Crippen LogP contribution in [0.1, 0.15) is 5.69 Å². The van der Waals surface area contributed by atoms with E-state index in [1.54, 1.807) is 17.5 Å². The van der Waals surface area contributed by atoms with Crippen molar-refractivity contribution >= 4 is 17.0 Å². The van der Waals surface area contributed by atoms with Crippen molar-refractivity contribution in [2.45, 2.75) is 6.92 Å². The summed E-state index contributed by atoms with van der Waals surface area (Å²) in [5, 5.41) is 2.93. The molecule has 0 radical (unpaired) electrons. The maximum atomic E-state index is 4.53. The lowest BCUT2D eigenvalue weighted by molar-refractivity contribution is 1.09. The molecule has 0 bridgehead atoms. The first kappa shape index (κ1) is 8.61. The second-order valence-corrected chi connectivity index (χ2v) is 4.25. The number of hydrogen-bond donors (Lipinski definition) is 0. The van der Waals surface area contributed by atoms with E-state index in [0.29, 0.717) is 0 Å². The molecule has 3 heterocycles. The number of thiazole rings is 1. The first-order chi connectivity index (χ1) is 7.34. The van der Waals surface area contributed by atoms with Crippen LogP contribution in [0.4, 0.5) is 0 Å². The molecular formula is C11H9N3S. The summed E-state index contributed by atoms with van der Waals surface area (Å²) in [6, 6.07) is 6.09. The minimum Gasteiger partial charge on any atom is -0.304 e. The molecule has 74 valence electrons. The molecule has 3 aromatic rings. The Morgan fingerprint density at radius 3 is 3.00 bits per heavy atom. The number of hydrogen-bond acceptors (Lipinski definition) is 3. The minimum absolute atomic E-state index is 0.944. The van der Waals surface area contributed by atoms with Gasteiger partial charge in [0.25, 0.3) is 0 Å². The Morgan fingerprint density at radius 1 is 1.33 bits per heavy atom. The van der Waals surface area contributed by atoms with Gasteiger partial charge in [0.1, 0.15) is 16.3 Å². The SMILES string of the molecule is Cc1cccc2nc(-c3nccs3)cn12. The zero-order chi connectivity index (χ0) is 10.3. The van der Waals surface area contributed by atoms with Crippen LogP contribution in [0, 0.1) is 6.92 Å². The maximum Gasteiger partial charge on any atom is 0.143 e. The van der Waals surface area contributed by atoms with Gasteiger partial charge in [-0.25, -0.2) is 9.97 Å². The van der Waals surface area contributed by atoms with Crippen molar-refractivity contribution < 1.29 is 0 Å². The smallest absolute Gasteiger partial charge is 0.143 e. The molecule has 0 aliphatic heterocycles. The topological polar surface area (TPSA) is 30.2 Å². The molecule has 0 unspecified atom stereocenters. The Balaban J connectivity index is 2.27. The number of imidazole rings is 1. The highest BCUT2D eigenvalue weighted by Gasteiger charge is 2.06. The Morgan fingerprint density at radius 2 is 2.27 bits per heavy atom. The van der Waals surface area contributed by atoms with E-state index >= 15 is 0 Å². The van der Waals surface area contributed by atoms with Crippen LogP contribution in [-0.2, 0) is 0 Å². The monoisotopic (exact) mass is 215 g/mol. The molecule has 4 heteroatoms. The van der Waals surface area contributed by atoms with E-state index in [1.165, 1.54) is 5.69 Å². The zero-order valence-electron chi connectivity index (χ0n) is 8.21. The van der Waals surface area contributed by atoms with Crippen LogP contribution in [0.15, 0.2) is 36.0 Å². The summed E-state index contributed by atoms with van der Waals surface area (Å²) >= 11 is 1.61. The van der Waals surface area contributed by atoms with E-state index < -0.39 is 0 Å². The molecule has 0 fully saturated rings. The van der Waals surface area contributed by atoms with Gasteiger partial charge >= 0.3 is 0 Å². The quantitative estimate of drug-likeness (QED) is 0.624. The van der Waals surface area contributed by atoms with Crippen molar-refractivity contribution in [2.75, 3.05) is 0 Å². The highest BCUT2D eigenvalue weighted by molar-refractivity contribution is 7.13. The zero-order valence-corrected chi connectivity index (χ0v) is 9.03. The normalized spacial score (nSPS) is 11.0. The standard InChI is InChI=1S/C11H9N3S/c1-8-3-2-4-10-13-9(7-14(8)10)11-12-5-6-15-11/h2-7H,1H3. The van der Waals surface area contributed by atoms with Gasteiger partial charge in [-0.3, -0.25) is 0 Å². The van der Waals surface area contributed by atoms with Crippen LogP contribution in [0.25, 0.3) is 16.3 Å². The fourth-order valence-corrected chi connectivity index (χ4v) is 2.19. The van der Waals surface area contributed by atoms with Crippen molar-refractivity contribution in [3.05, 3.63) is 41.7 Å². The Kier molecular flexibility index (Phi) is 1.82. The number of nitrogens with zero attached hydrogens (tertiary/aromatic N) is 3. The molecule has 0 aliphatic rings. The summed E-state index contributed by atoms with van der Waals surface area (Å²) in [4.78, 5) is 8.78. The maximum absolute atomic E-state index is 4.53. The Hall–Kier alpha value is -1.68. The van der Waals surface area contributed by atoms with Crippen molar-refractivity contribution in [3.8, 4) is 10.7 Å². The number of pyridine rings is 1. The first-order valence-electron chi connectivity index (χ1n) is 4.69. The van der Waals surface area contributed by atoms with Gasteiger partial charge in [0.15, 0.2) is 0 Å². The van der Waals surface area contributed by atoms with Crippen LogP contribution in [0.5, 0.6) is 0 Å². The van der Waals surface area contributed by atoms with Crippen LogP contribution >= 0.6 is 11.3 Å². The average molecular weight is 215 g/mol. The molecular weight excluding hydrogens is 206 g/mol. The lowest BCUT2D eigenvalue weighted by Gasteiger charge is -1.95. The Bertz CT molecular complexity index is 595. The van der Waals surface area contributed by atoms with Gasteiger partial charge < -0.3 is 4.40 Å². The third kappa shape index (κ3) is 1.34. The predicted molar refractivity (Wildman–Crippen MR) is 61.0 cm³/mol. The van der Waals surface area contributed by atoms with E-state index in [2.05, 4.69) is 27.4 Å². The number of aromatic nitrogens is 3. The second-order valence-electron chi connectivity index (χ2n) is 3.36. The van der Waals surface area contributed by atoms with Crippen molar-refractivity contribution in [1.29, 1.82) is 0 Å². The molecule has 3 rings (SSSR count). The van der Waals surface area contributed by atoms with E-state index in [-0.39, 0.29) is 0 Å². The van der Waals surface area contributed by atoms with Gasteiger partial charge in [0, 0.05) is 23.5 Å². The molecule has 0 spiro atoms. The third-order valence-electron chi connectivity index (χ3n) is 2.35. The molecule has 15 heavy (non-hydrogen) atoms. The minimum atomic E-state index is 0.944. The Labute approximate surface area is 91.1 Å². The fraction of sp³-hybridized carbons (Fsp3) is 0.0909. The van der Waals surface area contributed by atoms with Gasteiger partial charge in [0.2, 0.25) is 0 Å². The van der Waals surface area contributed by atoms with E-state index in [9.17, 15) is 0 Å². The molecule has 3 aromatic heterocycles. The third-order valence-corrected chi connectivity index (χ3v) is 3.14. The van der Waals surface area contributed by atoms with Crippen LogP contribution in [0.3, 0.4) is 0 Å². The number of fused-ring (bicyclic) bond motifs is 1. The van der Waals surface area contributed by atoms with E-state index in [1.807, 2.05) is 23.7 Å². The molecule has 3 nitrogen and oxygen atoms in total. The van der Waals surface area contributed by atoms with Gasteiger partial charge in [-0.2, -0.15) is 0 Å². The summed E-state index contributed by atoms with van der Waals surface area (Å²) in [6.45, 7) is 2.07. The van der Waals surface area contributed by atoms with Crippen molar-refractivity contribution in [3.63, 3.8) is 0 Å². The highest BCUT2D eigenvalue weighted by atomic mass is 32.1. The van der Waals surface area contributed by atoms with Gasteiger partial charge in [-0.05, 0) is 19.1 Å². The second kappa shape index (κ2) is 3.17. The van der Waals surface area contributed by atoms with Crippen molar-refractivity contribution in [1.82, 2.24) is 14.4 Å². The lowest BCUT2D eigenvalue weighted by atomic mass is 10.4. The molecule has 0 N–H and O–H groups in total. The van der Waals surface area contributed by atoms with Crippen LogP contribution in [0.2, 0.25) is 0 Å². The molecule has 0 aliphatic carbocycles. The average Bonchev–Trinajstić information content (AvgIpc) is 2.86.